The molecular formula is C18H21F3N2O. The van der Waals surface area contributed by atoms with Gasteiger partial charge in [-0.3, -0.25) is 9.69 Å². The topological polar surface area (TPSA) is 32.3 Å². The average molecular weight is 338 g/mol. The van der Waals surface area contributed by atoms with Gasteiger partial charge in [0, 0.05) is 32.6 Å². The summed E-state index contributed by atoms with van der Waals surface area (Å²) < 4.78 is 39.9. The summed E-state index contributed by atoms with van der Waals surface area (Å²) in [6.45, 7) is 0.679. The van der Waals surface area contributed by atoms with Gasteiger partial charge in [0.15, 0.2) is 0 Å². The van der Waals surface area contributed by atoms with E-state index in [1.807, 2.05) is 30.3 Å². The fraction of sp³-hybridized carbons (Fsp3) is 0.500. The predicted octanol–water partition coefficient (Wildman–Crippen LogP) is 2.83. The Morgan fingerprint density at radius 1 is 1.29 bits per heavy atom. The van der Waals surface area contributed by atoms with Crippen molar-refractivity contribution >= 4 is 5.91 Å². The van der Waals surface area contributed by atoms with Crippen molar-refractivity contribution in [2.75, 3.05) is 19.6 Å². The molecule has 0 radical (unpaired) electrons. The van der Waals surface area contributed by atoms with Crippen molar-refractivity contribution in [3.63, 3.8) is 0 Å². The first-order valence-corrected chi connectivity index (χ1v) is 7.96. The van der Waals surface area contributed by atoms with Gasteiger partial charge in [-0.05, 0) is 12.0 Å². The summed E-state index contributed by atoms with van der Waals surface area (Å²) in [5, 5.41) is 2.58. The Labute approximate surface area is 140 Å². The van der Waals surface area contributed by atoms with Crippen LogP contribution >= 0.6 is 0 Å². The Morgan fingerprint density at radius 2 is 2.00 bits per heavy atom. The number of likely N-dealkylation sites (tertiary alicyclic amines) is 1. The summed E-state index contributed by atoms with van der Waals surface area (Å²) in [7, 11) is 0. The van der Waals surface area contributed by atoms with Crippen LogP contribution in [0.3, 0.4) is 0 Å². The van der Waals surface area contributed by atoms with Gasteiger partial charge in [0.2, 0.25) is 5.91 Å². The van der Waals surface area contributed by atoms with E-state index in [-0.39, 0.29) is 13.1 Å². The lowest BCUT2D eigenvalue weighted by Gasteiger charge is -2.20. The molecule has 1 aliphatic rings. The van der Waals surface area contributed by atoms with E-state index in [1.165, 1.54) is 0 Å². The van der Waals surface area contributed by atoms with E-state index in [4.69, 9.17) is 6.42 Å². The standard InChI is InChI=1S/C18H21F3N2O/c1-2-3-7-10-22-17(24)15-12-23(13-16(15)18(19,20)21)11-14-8-5-4-6-9-14/h1,4-6,8-9,15-16H,3,7,10-13H2,(H,22,24)/t15-,16+/m0/s1. The Kier molecular flexibility index (Phi) is 6.27. The van der Waals surface area contributed by atoms with Crippen LogP contribution in [0, 0.1) is 24.2 Å². The van der Waals surface area contributed by atoms with E-state index in [0.717, 1.165) is 5.56 Å². The van der Waals surface area contributed by atoms with Crippen LogP contribution in [0.15, 0.2) is 30.3 Å². The third-order valence-corrected chi connectivity index (χ3v) is 4.20. The number of carbonyl (C=O) groups is 1. The normalized spacial score (nSPS) is 21.4. The maximum atomic E-state index is 13.3. The fourth-order valence-electron chi connectivity index (χ4n) is 2.99. The Balaban J connectivity index is 1.99. The highest BCUT2D eigenvalue weighted by Crippen LogP contribution is 2.38. The maximum Gasteiger partial charge on any atom is 0.393 e. The van der Waals surface area contributed by atoms with E-state index < -0.39 is 23.9 Å². The molecule has 1 fully saturated rings. The second-order valence-corrected chi connectivity index (χ2v) is 6.03. The zero-order valence-corrected chi connectivity index (χ0v) is 13.4. The molecule has 0 unspecified atom stereocenters. The Bertz CT molecular complexity index is 580. The van der Waals surface area contributed by atoms with Crippen LogP contribution in [0.2, 0.25) is 0 Å². The molecule has 2 atom stereocenters. The molecule has 3 nitrogen and oxygen atoms in total. The number of carbonyl (C=O) groups excluding carboxylic acids is 1. The van der Waals surface area contributed by atoms with Crippen LogP contribution in [0.25, 0.3) is 0 Å². The summed E-state index contributed by atoms with van der Waals surface area (Å²) in [5.41, 5.74) is 0.938. The van der Waals surface area contributed by atoms with Gasteiger partial charge in [-0.1, -0.05) is 30.3 Å². The lowest BCUT2D eigenvalue weighted by molar-refractivity contribution is -0.183. The fourth-order valence-corrected chi connectivity index (χ4v) is 2.99. The molecule has 0 saturated carbocycles. The first-order valence-electron chi connectivity index (χ1n) is 7.96. The molecule has 130 valence electrons. The van der Waals surface area contributed by atoms with E-state index in [9.17, 15) is 18.0 Å². The molecule has 2 rings (SSSR count). The highest BCUT2D eigenvalue weighted by atomic mass is 19.4. The average Bonchev–Trinajstić information content (AvgIpc) is 2.96. The molecule has 1 aromatic rings. The number of amides is 1. The quantitative estimate of drug-likeness (QED) is 0.639. The zero-order chi connectivity index (χ0) is 17.6. The Hall–Kier alpha value is -2.00. The van der Waals surface area contributed by atoms with E-state index >= 15 is 0 Å². The van der Waals surface area contributed by atoms with Crippen LogP contribution < -0.4 is 5.32 Å². The van der Waals surface area contributed by atoms with Crippen molar-refractivity contribution in [1.29, 1.82) is 0 Å². The summed E-state index contributed by atoms with van der Waals surface area (Å²) in [6.07, 6.45) is 1.80. The number of nitrogens with zero attached hydrogens (tertiary/aromatic N) is 1. The molecule has 1 amide bonds. The maximum absolute atomic E-state index is 13.3. The molecule has 24 heavy (non-hydrogen) atoms. The van der Waals surface area contributed by atoms with Gasteiger partial charge in [-0.25, -0.2) is 0 Å². The van der Waals surface area contributed by atoms with Gasteiger partial charge >= 0.3 is 6.18 Å². The van der Waals surface area contributed by atoms with Crippen molar-refractivity contribution in [2.45, 2.75) is 25.6 Å². The van der Waals surface area contributed by atoms with Crippen molar-refractivity contribution in [2.24, 2.45) is 11.8 Å². The van der Waals surface area contributed by atoms with Crippen molar-refractivity contribution < 1.29 is 18.0 Å². The molecule has 1 N–H and O–H groups in total. The lowest BCUT2D eigenvalue weighted by Crippen LogP contribution is -2.40. The minimum Gasteiger partial charge on any atom is -0.356 e. The summed E-state index contributed by atoms with van der Waals surface area (Å²) in [6, 6.07) is 9.30. The largest absolute Gasteiger partial charge is 0.393 e. The monoisotopic (exact) mass is 338 g/mol. The predicted molar refractivity (Wildman–Crippen MR) is 85.8 cm³/mol. The van der Waals surface area contributed by atoms with Gasteiger partial charge in [0.05, 0.1) is 11.8 Å². The SMILES string of the molecule is C#CCCCNC(=O)[C@H]1CN(Cc2ccccc2)C[C@H]1C(F)(F)F. The number of benzene rings is 1. The number of nitrogens with one attached hydrogen (secondary N) is 1. The van der Waals surface area contributed by atoms with Gasteiger partial charge < -0.3 is 5.32 Å². The molecule has 1 aromatic carbocycles. The first kappa shape index (κ1) is 18.3. The third kappa shape index (κ3) is 5.00. The molecule has 1 heterocycles. The van der Waals surface area contributed by atoms with Gasteiger partial charge in [-0.15, -0.1) is 12.3 Å². The Morgan fingerprint density at radius 3 is 2.62 bits per heavy atom. The molecule has 1 aliphatic heterocycles. The second kappa shape index (κ2) is 8.20. The number of alkyl halides is 3. The molecule has 0 aromatic heterocycles. The van der Waals surface area contributed by atoms with Crippen molar-refractivity contribution in [1.82, 2.24) is 10.2 Å². The van der Waals surface area contributed by atoms with Gasteiger partial charge in [0.1, 0.15) is 0 Å². The number of halogens is 3. The molecule has 0 spiro atoms. The van der Waals surface area contributed by atoms with E-state index in [1.54, 1.807) is 4.90 Å². The van der Waals surface area contributed by atoms with Gasteiger partial charge in [-0.2, -0.15) is 13.2 Å². The number of terminal acetylenes is 1. The minimum absolute atomic E-state index is 0.111. The molecular weight excluding hydrogens is 317 g/mol. The van der Waals surface area contributed by atoms with Crippen LogP contribution in [0.5, 0.6) is 0 Å². The van der Waals surface area contributed by atoms with Crippen molar-refractivity contribution in [3.05, 3.63) is 35.9 Å². The third-order valence-electron chi connectivity index (χ3n) is 4.20. The van der Waals surface area contributed by atoms with E-state index in [0.29, 0.717) is 25.9 Å². The summed E-state index contributed by atoms with van der Waals surface area (Å²) in [5.74, 6) is -0.799. The number of unbranched alkanes of at least 4 members (excludes halogenated alkanes) is 1. The zero-order valence-electron chi connectivity index (χ0n) is 13.4. The smallest absolute Gasteiger partial charge is 0.356 e. The first-order chi connectivity index (χ1) is 11.4. The molecule has 6 heteroatoms. The molecule has 1 saturated heterocycles. The number of hydrogen-bond acceptors (Lipinski definition) is 2. The number of hydrogen-bond donors (Lipinski definition) is 1. The van der Waals surface area contributed by atoms with Crippen LogP contribution in [0.1, 0.15) is 18.4 Å². The van der Waals surface area contributed by atoms with E-state index in [2.05, 4.69) is 11.2 Å². The molecule has 0 bridgehead atoms. The highest BCUT2D eigenvalue weighted by molar-refractivity contribution is 5.79. The van der Waals surface area contributed by atoms with Gasteiger partial charge in [0.25, 0.3) is 0 Å². The van der Waals surface area contributed by atoms with Crippen LogP contribution in [0.4, 0.5) is 13.2 Å². The van der Waals surface area contributed by atoms with Crippen molar-refractivity contribution in [3.8, 4) is 12.3 Å². The minimum atomic E-state index is -4.38. The second-order valence-electron chi connectivity index (χ2n) is 6.03. The summed E-state index contributed by atoms with van der Waals surface area (Å²) in [4.78, 5) is 13.9. The highest BCUT2D eigenvalue weighted by Gasteiger charge is 2.52. The molecule has 0 aliphatic carbocycles. The number of rotatable bonds is 6. The van der Waals surface area contributed by atoms with Crippen LogP contribution in [-0.4, -0.2) is 36.6 Å². The lowest BCUT2D eigenvalue weighted by atomic mass is 9.94. The summed E-state index contributed by atoms with van der Waals surface area (Å²) >= 11 is 0. The van der Waals surface area contributed by atoms with Crippen LogP contribution in [-0.2, 0) is 11.3 Å².